The van der Waals surface area contributed by atoms with Gasteiger partial charge in [0.1, 0.15) is 11.9 Å². The Labute approximate surface area is 132 Å². The number of esters is 1. The van der Waals surface area contributed by atoms with Crippen molar-refractivity contribution in [2.45, 2.75) is 19.9 Å². The molecule has 0 fully saturated rings. The number of ether oxygens (including phenoxy) is 1. The first kappa shape index (κ1) is 15.6. The van der Waals surface area contributed by atoms with Crippen molar-refractivity contribution in [3.8, 4) is 0 Å². The molecule has 0 bridgehead atoms. The van der Waals surface area contributed by atoms with E-state index in [4.69, 9.17) is 10.5 Å². The standard InChI is InChI=1S/C15H18BrN3O2/c1-8(2)13(15(20)21-3)19-14-10-5-4-9(17)6-11(10)12(16)7-18-14/h4-8,13H,17H2,1-3H3,(H,18,19). The predicted octanol–water partition coefficient (Wildman–Crippen LogP) is 3.19. The Morgan fingerprint density at radius 2 is 2.10 bits per heavy atom. The third kappa shape index (κ3) is 3.26. The molecule has 0 aliphatic heterocycles. The minimum absolute atomic E-state index is 0.0757. The zero-order chi connectivity index (χ0) is 15.6. The maximum Gasteiger partial charge on any atom is 0.328 e. The number of halogens is 1. The van der Waals surface area contributed by atoms with Crippen molar-refractivity contribution in [1.82, 2.24) is 4.98 Å². The molecule has 0 amide bonds. The lowest BCUT2D eigenvalue weighted by Gasteiger charge is -2.21. The first-order chi connectivity index (χ1) is 9.93. The van der Waals surface area contributed by atoms with Gasteiger partial charge in [0.05, 0.1) is 7.11 Å². The largest absolute Gasteiger partial charge is 0.467 e. The van der Waals surface area contributed by atoms with Crippen LogP contribution in [0.25, 0.3) is 10.8 Å². The van der Waals surface area contributed by atoms with Crippen LogP contribution in [-0.2, 0) is 9.53 Å². The fraction of sp³-hybridized carbons (Fsp3) is 0.333. The number of carbonyl (C=O) groups is 1. The van der Waals surface area contributed by atoms with E-state index in [0.717, 1.165) is 15.2 Å². The van der Waals surface area contributed by atoms with Gasteiger partial charge in [-0.3, -0.25) is 0 Å². The number of nitrogens with one attached hydrogen (secondary N) is 1. The van der Waals surface area contributed by atoms with Crippen LogP contribution in [0.3, 0.4) is 0 Å². The van der Waals surface area contributed by atoms with Crippen LogP contribution >= 0.6 is 15.9 Å². The highest BCUT2D eigenvalue weighted by molar-refractivity contribution is 9.10. The molecule has 0 saturated heterocycles. The Balaban J connectivity index is 2.47. The molecular weight excluding hydrogens is 334 g/mol. The molecule has 2 aromatic rings. The summed E-state index contributed by atoms with van der Waals surface area (Å²) >= 11 is 3.47. The Morgan fingerprint density at radius 1 is 1.38 bits per heavy atom. The van der Waals surface area contributed by atoms with E-state index in [1.54, 1.807) is 6.20 Å². The van der Waals surface area contributed by atoms with E-state index in [2.05, 4.69) is 26.2 Å². The maximum atomic E-state index is 11.9. The maximum absolute atomic E-state index is 11.9. The summed E-state index contributed by atoms with van der Waals surface area (Å²) in [5.74, 6) is 0.405. The summed E-state index contributed by atoms with van der Waals surface area (Å²) < 4.78 is 5.70. The lowest BCUT2D eigenvalue weighted by Crippen LogP contribution is -2.35. The SMILES string of the molecule is COC(=O)C(Nc1ncc(Br)c2cc(N)ccc12)C(C)C. The van der Waals surface area contributed by atoms with Crippen LogP contribution < -0.4 is 11.1 Å². The third-order valence-electron chi connectivity index (χ3n) is 3.28. The molecule has 112 valence electrons. The number of methoxy groups -OCH3 is 1. The van der Waals surface area contributed by atoms with Gasteiger partial charge in [-0.1, -0.05) is 13.8 Å². The van der Waals surface area contributed by atoms with Crippen LogP contribution in [0, 0.1) is 5.92 Å². The van der Waals surface area contributed by atoms with Crippen molar-refractivity contribution in [1.29, 1.82) is 0 Å². The summed E-state index contributed by atoms with van der Waals surface area (Å²) in [4.78, 5) is 16.2. The number of nitrogens with two attached hydrogens (primary N) is 1. The molecule has 0 saturated carbocycles. The first-order valence-corrected chi connectivity index (χ1v) is 7.41. The lowest BCUT2D eigenvalue weighted by molar-refractivity contribution is -0.142. The molecule has 0 aliphatic carbocycles. The second-order valence-electron chi connectivity index (χ2n) is 5.15. The zero-order valence-corrected chi connectivity index (χ0v) is 13.8. The van der Waals surface area contributed by atoms with E-state index in [0.29, 0.717) is 11.5 Å². The molecule has 21 heavy (non-hydrogen) atoms. The fourth-order valence-corrected chi connectivity index (χ4v) is 2.54. The number of nitrogens with zero attached hydrogens (tertiary/aromatic N) is 1. The van der Waals surface area contributed by atoms with Gasteiger partial charge in [-0.2, -0.15) is 0 Å². The zero-order valence-electron chi connectivity index (χ0n) is 12.2. The van der Waals surface area contributed by atoms with Crippen molar-refractivity contribution < 1.29 is 9.53 Å². The molecule has 1 aromatic heterocycles. The van der Waals surface area contributed by atoms with Gasteiger partial charge in [0.25, 0.3) is 0 Å². The average molecular weight is 352 g/mol. The number of fused-ring (bicyclic) bond motifs is 1. The molecule has 2 rings (SSSR count). The van der Waals surface area contributed by atoms with Gasteiger partial charge >= 0.3 is 5.97 Å². The van der Waals surface area contributed by atoms with Crippen LogP contribution in [-0.4, -0.2) is 24.1 Å². The number of aromatic nitrogens is 1. The van der Waals surface area contributed by atoms with Crippen LogP contribution in [0.4, 0.5) is 11.5 Å². The lowest BCUT2D eigenvalue weighted by atomic mass is 10.0. The van der Waals surface area contributed by atoms with Crippen LogP contribution in [0.15, 0.2) is 28.9 Å². The quantitative estimate of drug-likeness (QED) is 0.653. The van der Waals surface area contributed by atoms with Crippen molar-refractivity contribution in [2.75, 3.05) is 18.2 Å². The Hall–Kier alpha value is -1.82. The molecular formula is C15H18BrN3O2. The van der Waals surface area contributed by atoms with Crippen LogP contribution in [0.5, 0.6) is 0 Å². The highest BCUT2D eigenvalue weighted by Crippen LogP contribution is 2.30. The Bertz CT molecular complexity index is 673. The minimum Gasteiger partial charge on any atom is -0.467 e. The van der Waals surface area contributed by atoms with Gasteiger partial charge in [-0.05, 0) is 40.0 Å². The van der Waals surface area contributed by atoms with Crippen molar-refractivity contribution in [2.24, 2.45) is 5.92 Å². The van der Waals surface area contributed by atoms with E-state index in [9.17, 15) is 4.79 Å². The molecule has 5 nitrogen and oxygen atoms in total. The molecule has 1 heterocycles. The topological polar surface area (TPSA) is 77.2 Å². The second-order valence-corrected chi connectivity index (χ2v) is 6.00. The summed E-state index contributed by atoms with van der Waals surface area (Å²) in [6.45, 7) is 3.90. The number of carbonyl (C=O) groups excluding carboxylic acids is 1. The van der Waals surface area contributed by atoms with Gasteiger partial charge in [0, 0.05) is 27.1 Å². The number of nitrogen functional groups attached to an aromatic ring is 1. The molecule has 0 aliphatic rings. The molecule has 0 radical (unpaired) electrons. The molecule has 3 N–H and O–H groups in total. The Kier molecular flexibility index (Phi) is 4.67. The highest BCUT2D eigenvalue weighted by Gasteiger charge is 2.24. The minimum atomic E-state index is -0.454. The molecule has 1 unspecified atom stereocenters. The van der Waals surface area contributed by atoms with Crippen molar-refractivity contribution in [3.63, 3.8) is 0 Å². The van der Waals surface area contributed by atoms with Crippen molar-refractivity contribution >= 4 is 44.2 Å². The van der Waals surface area contributed by atoms with Gasteiger partial charge in [-0.15, -0.1) is 0 Å². The molecule has 1 atom stereocenters. The number of hydrogen-bond donors (Lipinski definition) is 2. The monoisotopic (exact) mass is 351 g/mol. The van der Waals surface area contributed by atoms with E-state index < -0.39 is 6.04 Å². The van der Waals surface area contributed by atoms with E-state index >= 15 is 0 Å². The summed E-state index contributed by atoms with van der Waals surface area (Å²) in [6, 6.07) is 5.11. The van der Waals surface area contributed by atoms with Crippen LogP contribution in [0.1, 0.15) is 13.8 Å². The smallest absolute Gasteiger partial charge is 0.328 e. The van der Waals surface area contributed by atoms with Gasteiger partial charge in [0.2, 0.25) is 0 Å². The van der Waals surface area contributed by atoms with Gasteiger partial charge < -0.3 is 15.8 Å². The summed E-state index contributed by atoms with van der Waals surface area (Å²) in [7, 11) is 1.38. The summed E-state index contributed by atoms with van der Waals surface area (Å²) in [5, 5.41) is 5.01. The Morgan fingerprint density at radius 3 is 2.71 bits per heavy atom. The number of anilines is 2. The normalized spacial score (nSPS) is 12.4. The number of hydrogen-bond acceptors (Lipinski definition) is 5. The predicted molar refractivity (Wildman–Crippen MR) is 88.1 cm³/mol. The first-order valence-electron chi connectivity index (χ1n) is 6.62. The van der Waals surface area contributed by atoms with Gasteiger partial charge in [-0.25, -0.2) is 9.78 Å². The average Bonchev–Trinajstić information content (AvgIpc) is 2.46. The van der Waals surface area contributed by atoms with Crippen molar-refractivity contribution in [3.05, 3.63) is 28.9 Å². The molecule has 1 aromatic carbocycles. The van der Waals surface area contributed by atoms with E-state index in [1.165, 1.54) is 7.11 Å². The van der Waals surface area contributed by atoms with E-state index in [1.807, 2.05) is 32.0 Å². The third-order valence-corrected chi connectivity index (χ3v) is 3.91. The second kappa shape index (κ2) is 6.30. The summed E-state index contributed by atoms with van der Waals surface area (Å²) in [6.07, 6.45) is 1.69. The number of pyridine rings is 1. The molecule has 0 spiro atoms. The van der Waals surface area contributed by atoms with E-state index in [-0.39, 0.29) is 11.9 Å². The summed E-state index contributed by atoms with van der Waals surface area (Å²) in [5.41, 5.74) is 6.50. The van der Waals surface area contributed by atoms with Gasteiger partial charge in [0.15, 0.2) is 0 Å². The fourth-order valence-electron chi connectivity index (χ4n) is 2.11. The highest BCUT2D eigenvalue weighted by atomic mass is 79.9. The molecule has 6 heteroatoms. The van der Waals surface area contributed by atoms with Crippen LogP contribution in [0.2, 0.25) is 0 Å². The number of rotatable bonds is 4. The number of benzene rings is 1.